The first-order valence-corrected chi connectivity index (χ1v) is 9.96. The van der Waals surface area contributed by atoms with Gasteiger partial charge in [0.1, 0.15) is 5.82 Å². The number of nitrogens with zero attached hydrogens (tertiary/aromatic N) is 2. The lowest BCUT2D eigenvalue weighted by Crippen LogP contribution is -2.16. The van der Waals surface area contributed by atoms with Gasteiger partial charge in [0.05, 0.1) is 22.0 Å². The predicted octanol–water partition coefficient (Wildman–Crippen LogP) is 5.49. The molecular formula is C19H15Cl2N3OS. The molecule has 0 saturated heterocycles. The molecule has 1 N–H and O–H groups in total. The summed E-state index contributed by atoms with van der Waals surface area (Å²) in [5.74, 6) is 2.09. The van der Waals surface area contributed by atoms with E-state index in [0.29, 0.717) is 21.4 Å². The van der Waals surface area contributed by atoms with Gasteiger partial charge in [0.2, 0.25) is 0 Å². The molecule has 0 spiro atoms. The van der Waals surface area contributed by atoms with Crippen molar-refractivity contribution in [1.82, 2.24) is 9.78 Å². The van der Waals surface area contributed by atoms with E-state index in [1.807, 2.05) is 31.2 Å². The van der Waals surface area contributed by atoms with Crippen LogP contribution in [0.5, 0.6) is 0 Å². The van der Waals surface area contributed by atoms with Crippen LogP contribution in [0, 0.1) is 6.92 Å². The van der Waals surface area contributed by atoms with Crippen molar-refractivity contribution in [3.05, 3.63) is 74.9 Å². The molecule has 0 radical (unpaired) electrons. The number of halogens is 2. The third kappa shape index (κ3) is 3.22. The van der Waals surface area contributed by atoms with Crippen LogP contribution in [0.3, 0.4) is 0 Å². The molecule has 2 aromatic carbocycles. The summed E-state index contributed by atoms with van der Waals surface area (Å²) in [5, 5.41) is 8.52. The van der Waals surface area contributed by atoms with E-state index in [1.54, 1.807) is 34.6 Å². The number of anilines is 1. The second-order valence-corrected chi connectivity index (χ2v) is 7.92. The number of benzene rings is 2. The minimum absolute atomic E-state index is 0.278. The summed E-state index contributed by atoms with van der Waals surface area (Å²) in [5.41, 5.74) is 4.53. The van der Waals surface area contributed by atoms with Crippen LogP contribution in [0.25, 0.3) is 5.69 Å². The molecule has 0 atom stereocenters. The van der Waals surface area contributed by atoms with Gasteiger partial charge in [0.15, 0.2) is 0 Å². The minimum atomic E-state index is -0.278. The number of aromatic nitrogens is 2. The van der Waals surface area contributed by atoms with E-state index in [-0.39, 0.29) is 5.91 Å². The average molecular weight is 404 g/mol. The van der Waals surface area contributed by atoms with Crippen molar-refractivity contribution in [2.45, 2.75) is 18.4 Å². The highest BCUT2D eigenvalue weighted by atomic mass is 35.5. The third-order valence-corrected chi connectivity index (χ3v) is 5.76. The van der Waals surface area contributed by atoms with Gasteiger partial charge in [-0.25, -0.2) is 4.68 Å². The van der Waals surface area contributed by atoms with Gasteiger partial charge in [-0.2, -0.15) is 16.9 Å². The molecule has 4 rings (SSSR count). The SMILES string of the molecule is Cc1ccc(-n2nc3c(c2NC(=O)c2ccc(Cl)cc2Cl)CSC3)cc1. The first-order chi connectivity index (χ1) is 12.5. The van der Waals surface area contributed by atoms with Crippen molar-refractivity contribution in [3.8, 4) is 5.69 Å². The van der Waals surface area contributed by atoms with E-state index in [1.165, 1.54) is 5.56 Å². The Balaban J connectivity index is 1.73. The third-order valence-electron chi connectivity index (χ3n) is 4.24. The second kappa shape index (κ2) is 6.99. The molecule has 0 saturated carbocycles. The van der Waals surface area contributed by atoms with Crippen LogP contribution in [-0.4, -0.2) is 15.7 Å². The zero-order valence-corrected chi connectivity index (χ0v) is 16.3. The molecule has 1 amide bonds. The highest BCUT2D eigenvalue weighted by Gasteiger charge is 2.25. The summed E-state index contributed by atoms with van der Waals surface area (Å²) in [6, 6.07) is 12.9. The molecule has 0 unspecified atom stereocenters. The summed E-state index contributed by atoms with van der Waals surface area (Å²) in [4.78, 5) is 12.8. The zero-order chi connectivity index (χ0) is 18.3. The number of hydrogen-bond acceptors (Lipinski definition) is 3. The van der Waals surface area contributed by atoms with Gasteiger partial charge in [0.25, 0.3) is 5.91 Å². The van der Waals surface area contributed by atoms with Gasteiger partial charge in [-0.3, -0.25) is 4.79 Å². The number of carbonyl (C=O) groups excluding carboxylic acids is 1. The van der Waals surface area contributed by atoms with E-state index in [4.69, 9.17) is 28.3 Å². The van der Waals surface area contributed by atoms with Crippen molar-refractivity contribution in [2.24, 2.45) is 0 Å². The highest BCUT2D eigenvalue weighted by Crippen LogP contribution is 2.36. The largest absolute Gasteiger partial charge is 0.306 e. The minimum Gasteiger partial charge on any atom is -0.306 e. The fourth-order valence-corrected chi connectivity index (χ4v) is 4.39. The Hall–Kier alpha value is -1.95. The smallest absolute Gasteiger partial charge is 0.258 e. The summed E-state index contributed by atoms with van der Waals surface area (Å²) in [6.45, 7) is 2.04. The Bertz CT molecular complexity index is 999. The van der Waals surface area contributed by atoms with Crippen molar-refractivity contribution in [1.29, 1.82) is 0 Å². The number of aryl methyl sites for hydroxylation is 1. The van der Waals surface area contributed by atoms with Crippen LogP contribution in [0.4, 0.5) is 5.82 Å². The summed E-state index contributed by atoms with van der Waals surface area (Å²) < 4.78 is 1.80. The molecule has 3 aromatic rings. The van der Waals surface area contributed by atoms with Gasteiger partial charge in [-0.15, -0.1) is 0 Å². The van der Waals surface area contributed by atoms with Gasteiger partial charge in [0, 0.05) is 22.1 Å². The average Bonchev–Trinajstić information content (AvgIpc) is 3.18. The normalized spacial score (nSPS) is 12.9. The Morgan fingerprint density at radius 2 is 1.92 bits per heavy atom. The lowest BCUT2D eigenvalue weighted by atomic mass is 10.2. The molecule has 7 heteroatoms. The zero-order valence-electron chi connectivity index (χ0n) is 13.9. The molecule has 0 bridgehead atoms. The number of hydrogen-bond donors (Lipinski definition) is 1. The van der Waals surface area contributed by atoms with Crippen LogP contribution < -0.4 is 5.32 Å². The molecule has 4 nitrogen and oxygen atoms in total. The van der Waals surface area contributed by atoms with E-state index in [9.17, 15) is 4.79 Å². The number of nitrogens with one attached hydrogen (secondary N) is 1. The van der Waals surface area contributed by atoms with Gasteiger partial charge >= 0.3 is 0 Å². The molecule has 0 fully saturated rings. The van der Waals surface area contributed by atoms with Gasteiger partial charge in [-0.1, -0.05) is 40.9 Å². The summed E-state index contributed by atoms with van der Waals surface area (Å²) in [7, 11) is 0. The molecular weight excluding hydrogens is 389 g/mol. The Morgan fingerprint density at radius 3 is 2.65 bits per heavy atom. The number of thioether (sulfide) groups is 1. The lowest BCUT2D eigenvalue weighted by molar-refractivity contribution is 0.102. The monoisotopic (exact) mass is 403 g/mol. The van der Waals surface area contributed by atoms with Gasteiger partial charge in [-0.05, 0) is 37.3 Å². The Labute approximate surface area is 165 Å². The van der Waals surface area contributed by atoms with Gasteiger partial charge < -0.3 is 5.32 Å². The fourth-order valence-electron chi connectivity index (χ4n) is 2.86. The molecule has 132 valence electrons. The maximum atomic E-state index is 12.8. The first kappa shape index (κ1) is 17.5. The molecule has 0 aliphatic carbocycles. The van der Waals surface area contributed by atoms with E-state index < -0.39 is 0 Å². The molecule has 1 aliphatic heterocycles. The Kier molecular flexibility index (Phi) is 4.69. The Morgan fingerprint density at radius 1 is 1.15 bits per heavy atom. The van der Waals surface area contributed by atoms with E-state index >= 15 is 0 Å². The summed E-state index contributed by atoms with van der Waals surface area (Å²) >= 11 is 13.9. The van der Waals surface area contributed by atoms with Crippen molar-refractivity contribution in [2.75, 3.05) is 5.32 Å². The predicted molar refractivity (Wildman–Crippen MR) is 108 cm³/mol. The van der Waals surface area contributed by atoms with Crippen LogP contribution in [0.15, 0.2) is 42.5 Å². The quantitative estimate of drug-likeness (QED) is 0.628. The maximum absolute atomic E-state index is 12.8. The molecule has 1 aromatic heterocycles. The fraction of sp³-hybridized carbons (Fsp3) is 0.158. The number of fused-ring (bicyclic) bond motifs is 1. The standard InChI is InChI=1S/C19H15Cl2N3OS/c1-11-2-5-13(6-3-11)24-18(15-9-26-10-17(15)23-24)22-19(25)14-7-4-12(20)8-16(14)21/h2-8H,9-10H2,1H3,(H,22,25). The maximum Gasteiger partial charge on any atom is 0.258 e. The lowest BCUT2D eigenvalue weighted by Gasteiger charge is -2.12. The molecule has 2 heterocycles. The van der Waals surface area contributed by atoms with Crippen molar-refractivity contribution >= 4 is 46.7 Å². The van der Waals surface area contributed by atoms with Crippen LogP contribution in [0.2, 0.25) is 10.0 Å². The van der Waals surface area contributed by atoms with Crippen molar-refractivity contribution < 1.29 is 4.79 Å². The number of rotatable bonds is 3. The van der Waals surface area contributed by atoms with Crippen LogP contribution in [0.1, 0.15) is 27.2 Å². The van der Waals surface area contributed by atoms with Crippen molar-refractivity contribution in [3.63, 3.8) is 0 Å². The van der Waals surface area contributed by atoms with E-state index in [2.05, 4.69) is 5.32 Å². The number of carbonyl (C=O) groups is 1. The molecule has 1 aliphatic rings. The van der Waals surface area contributed by atoms with Crippen LogP contribution in [-0.2, 0) is 11.5 Å². The first-order valence-electron chi connectivity index (χ1n) is 8.05. The molecule has 26 heavy (non-hydrogen) atoms. The topological polar surface area (TPSA) is 46.9 Å². The van der Waals surface area contributed by atoms with E-state index in [0.717, 1.165) is 28.5 Å². The van der Waals surface area contributed by atoms with Crippen LogP contribution >= 0.6 is 35.0 Å². The second-order valence-electron chi connectivity index (χ2n) is 6.09. The number of amides is 1. The highest BCUT2D eigenvalue weighted by molar-refractivity contribution is 7.98. The summed E-state index contributed by atoms with van der Waals surface area (Å²) in [6.07, 6.45) is 0.